The Morgan fingerprint density at radius 3 is 3.15 bits per heavy atom. The molecule has 4 nitrogen and oxygen atoms in total. The van der Waals surface area contributed by atoms with Crippen LogP contribution in [0.4, 0.5) is 4.39 Å². The summed E-state index contributed by atoms with van der Waals surface area (Å²) in [4.78, 5) is 1.98. The van der Waals surface area contributed by atoms with E-state index in [4.69, 9.17) is 22.7 Å². The number of benzene rings is 1. The molecule has 2 N–H and O–H groups in total. The standard InChI is InChI=1S/C14H15FN3OS/c15-12-3-1-2-9-6-11(8-19-13(9)12)18-10(4-5-16)7-17-14(18)20/h1-3,7,11H,4-6,8,16H2. The predicted octanol–water partition coefficient (Wildman–Crippen LogP) is 1.52. The van der Waals surface area contributed by atoms with Crippen LogP contribution < -0.4 is 15.8 Å². The third-order valence-electron chi connectivity index (χ3n) is 3.53. The van der Waals surface area contributed by atoms with Gasteiger partial charge in [-0.2, -0.15) is 0 Å². The maximum absolute atomic E-state index is 13.6. The van der Waals surface area contributed by atoms with Gasteiger partial charge < -0.3 is 15.4 Å². The summed E-state index contributed by atoms with van der Waals surface area (Å²) in [7, 11) is 0. The minimum Gasteiger partial charge on any atom is -0.488 e. The van der Waals surface area contributed by atoms with E-state index in [-0.39, 0.29) is 11.9 Å². The summed E-state index contributed by atoms with van der Waals surface area (Å²) >= 11 is 5.27. The molecule has 1 unspecified atom stereocenters. The Morgan fingerprint density at radius 1 is 1.50 bits per heavy atom. The molecule has 0 aromatic heterocycles. The highest BCUT2D eigenvalue weighted by Gasteiger charge is 2.33. The van der Waals surface area contributed by atoms with Gasteiger partial charge in [0.05, 0.1) is 6.04 Å². The number of hydrogen-bond donors (Lipinski definition) is 1. The Morgan fingerprint density at radius 2 is 2.35 bits per heavy atom. The summed E-state index contributed by atoms with van der Waals surface area (Å²) < 4.78 is 19.2. The van der Waals surface area contributed by atoms with Crippen molar-refractivity contribution in [2.75, 3.05) is 13.2 Å². The lowest BCUT2D eigenvalue weighted by Gasteiger charge is -2.34. The van der Waals surface area contributed by atoms with Crippen LogP contribution in [-0.4, -0.2) is 29.2 Å². The largest absolute Gasteiger partial charge is 0.488 e. The van der Waals surface area contributed by atoms with Crippen LogP contribution in [0, 0.1) is 5.82 Å². The third-order valence-corrected chi connectivity index (χ3v) is 3.83. The van der Waals surface area contributed by atoms with Crippen LogP contribution >= 0.6 is 12.2 Å². The van der Waals surface area contributed by atoms with Crippen molar-refractivity contribution < 1.29 is 9.13 Å². The highest BCUT2D eigenvalue weighted by atomic mass is 32.1. The molecule has 1 atom stereocenters. The van der Waals surface area contributed by atoms with Crippen molar-refractivity contribution in [3.05, 3.63) is 41.5 Å². The van der Waals surface area contributed by atoms with Gasteiger partial charge in [-0.15, -0.1) is 0 Å². The average Bonchev–Trinajstić information content (AvgIpc) is 2.80. The molecule has 0 bridgehead atoms. The quantitative estimate of drug-likeness (QED) is 0.858. The van der Waals surface area contributed by atoms with E-state index in [1.807, 2.05) is 11.0 Å². The summed E-state index contributed by atoms with van der Waals surface area (Å²) in [5.74, 6) is 0.0440. The van der Waals surface area contributed by atoms with Crippen molar-refractivity contribution in [1.82, 2.24) is 10.2 Å². The summed E-state index contributed by atoms with van der Waals surface area (Å²) in [5.41, 5.74) is 7.48. The second-order valence-electron chi connectivity index (χ2n) is 4.84. The van der Waals surface area contributed by atoms with E-state index >= 15 is 0 Å². The van der Waals surface area contributed by atoms with E-state index in [0.29, 0.717) is 30.4 Å². The predicted molar refractivity (Wildman–Crippen MR) is 77.7 cm³/mol. The molecule has 1 radical (unpaired) electrons. The number of nitrogens with two attached hydrogens (primary N) is 1. The first-order chi connectivity index (χ1) is 9.70. The van der Waals surface area contributed by atoms with Gasteiger partial charge in [-0.3, -0.25) is 0 Å². The van der Waals surface area contributed by atoms with Gasteiger partial charge in [0.25, 0.3) is 0 Å². The normalized spacial score (nSPS) is 21.1. The van der Waals surface area contributed by atoms with Gasteiger partial charge >= 0.3 is 0 Å². The highest BCUT2D eigenvalue weighted by molar-refractivity contribution is 7.80. The monoisotopic (exact) mass is 292 g/mol. The minimum absolute atomic E-state index is 0.0425. The molecule has 0 amide bonds. The highest BCUT2D eigenvalue weighted by Crippen LogP contribution is 2.31. The van der Waals surface area contributed by atoms with Gasteiger partial charge in [0, 0.05) is 24.7 Å². The van der Waals surface area contributed by atoms with E-state index in [2.05, 4.69) is 5.32 Å². The number of halogens is 1. The molecule has 105 valence electrons. The van der Waals surface area contributed by atoms with Crippen LogP contribution in [0.15, 0.2) is 30.1 Å². The summed E-state index contributed by atoms with van der Waals surface area (Å²) in [6.07, 6.45) is 3.16. The summed E-state index contributed by atoms with van der Waals surface area (Å²) in [6, 6.07) is 5.03. The fraction of sp³-hybridized carbons (Fsp3) is 0.357. The first-order valence-corrected chi connectivity index (χ1v) is 6.95. The molecular formula is C14H15FN3OS. The molecule has 0 aliphatic carbocycles. The molecule has 2 aliphatic rings. The van der Waals surface area contributed by atoms with E-state index in [9.17, 15) is 4.39 Å². The number of ether oxygens (including phenoxy) is 1. The first kappa shape index (κ1) is 13.3. The fourth-order valence-corrected chi connectivity index (χ4v) is 2.95. The van der Waals surface area contributed by atoms with Crippen LogP contribution in [-0.2, 0) is 6.42 Å². The van der Waals surface area contributed by atoms with Crippen LogP contribution in [0.1, 0.15) is 12.0 Å². The Bertz CT molecular complexity index is 576. The molecule has 1 aromatic carbocycles. The molecule has 3 rings (SSSR count). The SMILES string of the molecule is NCCC1=C[N]C(=S)N1C1COc2c(F)cccc2C1. The van der Waals surface area contributed by atoms with Gasteiger partial charge in [0.2, 0.25) is 0 Å². The van der Waals surface area contributed by atoms with Gasteiger partial charge in [0.1, 0.15) is 6.61 Å². The zero-order chi connectivity index (χ0) is 14.1. The molecule has 20 heavy (non-hydrogen) atoms. The molecule has 0 fully saturated rings. The molecular weight excluding hydrogens is 277 g/mol. The van der Waals surface area contributed by atoms with Crippen LogP contribution in [0.5, 0.6) is 5.75 Å². The minimum atomic E-state index is -0.313. The van der Waals surface area contributed by atoms with Crippen molar-refractivity contribution >= 4 is 17.3 Å². The lowest BCUT2D eigenvalue weighted by Crippen LogP contribution is -2.44. The molecule has 1 aromatic rings. The smallest absolute Gasteiger partial charge is 0.200 e. The van der Waals surface area contributed by atoms with Crippen molar-refractivity contribution in [1.29, 1.82) is 0 Å². The summed E-state index contributed by atoms with van der Waals surface area (Å²) in [6.45, 7) is 0.935. The van der Waals surface area contributed by atoms with Crippen molar-refractivity contribution in [3.8, 4) is 5.75 Å². The van der Waals surface area contributed by atoms with Crippen molar-refractivity contribution in [2.45, 2.75) is 18.9 Å². The van der Waals surface area contributed by atoms with E-state index in [1.165, 1.54) is 6.07 Å². The van der Waals surface area contributed by atoms with Crippen LogP contribution in [0.2, 0.25) is 0 Å². The van der Waals surface area contributed by atoms with Crippen LogP contribution in [0.3, 0.4) is 0 Å². The lowest BCUT2D eigenvalue weighted by atomic mass is 10.0. The number of para-hydroxylation sites is 1. The molecule has 2 heterocycles. The Labute approximate surface area is 122 Å². The van der Waals surface area contributed by atoms with E-state index < -0.39 is 0 Å². The maximum Gasteiger partial charge on any atom is 0.200 e. The lowest BCUT2D eigenvalue weighted by molar-refractivity contribution is 0.189. The number of hydrogen-bond acceptors (Lipinski definition) is 3. The van der Waals surface area contributed by atoms with Crippen LogP contribution in [0.25, 0.3) is 0 Å². The third kappa shape index (κ3) is 2.25. The fourth-order valence-electron chi connectivity index (χ4n) is 2.63. The van der Waals surface area contributed by atoms with Gasteiger partial charge in [-0.25, -0.2) is 9.71 Å². The molecule has 0 saturated carbocycles. The number of rotatable bonds is 3. The number of thiocarbonyl (C=S) groups is 1. The van der Waals surface area contributed by atoms with Crippen molar-refractivity contribution in [3.63, 3.8) is 0 Å². The second-order valence-corrected chi connectivity index (χ2v) is 5.20. The Hall–Kier alpha value is -1.66. The van der Waals surface area contributed by atoms with Gasteiger partial charge in [0.15, 0.2) is 16.7 Å². The summed E-state index contributed by atoms with van der Waals surface area (Å²) in [5, 5.41) is 4.71. The van der Waals surface area contributed by atoms with E-state index in [0.717, 1.165) is 17.7 Å². The number of nitrogens with zero attached hydrogens (tertiary/aromatic N) is 2. The maximum atomic E-state index is 13.6. The molecule has 2 aliphatic heterocycles. The molecule has 6 heteroatoms. The van der Waals surface area contributed by atoms with Gasteiger partial charge in [-0.05, 0) is 30.4 Å². The zero-order valence-corrected chi connectivity index (χ0v) is 11.7. The number of fused-ring (bicyclic) bond motifs is 1. The van der Waals surface area contributed by atoms with Crippen molar-refractivity contribution in [2.24, 2.45) is 5.73 Å². The van der Waals surface area contributed by atoms with Gasteiger partial charge in [-0.1, -0.05) is 12.1 Å². The Kier molecular flexibility index (Phi) is 3.58. The zero-order valence-electron chi connectivity index (χ0n) is 10.9. The Balaban J connectivity index is 1.83. The molecule has 0 spiro atoms. The average molecular weight is 292 g/mol. The topological polar surface area (TPSA) is 52.6 Å². The van der Waals surface area contributed by atoms with E-state index in [1.54, 1.807) is 12.3 Å². The molecule has 0 saturated heterocycles. The second kappa shape index (κ2) is 5.38. The first-order valence-electron chi connectivity index (χ1n) is 6.54.